The summed E-state index contributed by atoms with van der Waals surface area (Å²) in [6.07, 6.45) is 0. The molecule has 2 aromatic rings. The number of carbonyl (C=O) groups excluding carboxylic acids is 1. The normalized spacial score (nSPS) is 12.9. The molecule has 128 valence electrons. The average molecular weight is 343 g/mol. The number of nitro groups is 2. The van der Waals surface area contributed by atoms with Gasteiger partial charge in [-0.1, -0.05) is 6.07 Å². The molecular weight excluding hydrogens is 330 g/mol. The van der Waals surface area contributed by atoms with E-state index in [1.165, 1.54) is 4.90 Å². The zero-order valence-corrected chi connectivity index (χ0v) is 13.2. The van der Waals surface area contributed by atoms with Crippen LogP contribution in [0.3, 0.4) is 0 Å². The fraction of sp³-hybridized carbons (Fsp3) is 0.188. The van der Waals surface area contributed by atoms with E-state index in [2.05, 4.69) is 0 Å². The van der Waals surface area contributed by atoms with Crippen molar-refractivity contribution in [2.45, 2.75) is 6.92 Å². The number of nitro benzene ring substituents is 2. The van der Waals surface area contributed by atoms with Crippen molar-refractivity contribution in [3.63, 3.8) is 0 Å². The van der Waals surface area contributed by atoms with Gasteiger partial charge in [0, 0.05) is 12.1 Å². The maximum Gasteiger partial charge on any atom is 0.277 e. The lowest BCUT2D eigenvalue weighted by Gasteiger charge is -2.29. The topological polar surface area (TPSA) is 116 Å². The zero-order valence-electron chi connectivity index (χ0n) is 13.2. The predicted molar refractivity (Wildman–Crippen MR) is 88.1 cm³/mol. The number of non-ortho nitro benzene ring substituents is 2. The number of amides is 1. The number of nitrogens with zero attached hydrogens (tertiary/aromatic N) is 3. The smallest absolute Gasteiger partial charge is 0.277 e. The number of hydrogen-bond acceptors (Lipinski definition) is 6. The summed E-state index contributed by atoms with van der Waals surface area (Å²) >= 11 is 0. The maximum absolute atomic E-state index is 12.8. The first-order valence-corrected chi connectivity index (χ1v) is 7.36. The third-order valence-corrected chi connectivity index (χ3v) is 3.79. The van der Waals surface area contributed by atoms with Crippen LogP contribution in [-0.2, 0) is 0 Å². The van der Waals surface area contributed by atoms with Gasteiger partial charge in [-0.25, -0.2) is 0 Å². The highest BCUT2D eigenvalue weighted by Gasteiger charge is 2.28. The molecule has 9 heteroatoms. The Bertz CT molecular complexity index is 863. The summed E-state index contributed by atoms with van der Waals surface area (Å²) in [5, 5.41) is 22.0. The van der Waals surface area contributed by atoms with Crippen LogP contribution in [0.15, 0.2) is 36.4 Å². The van der Waals surface area contributed by atoms with Gasteiger partial charge in [0.25, 0.3) is 17.3 Å². The Hall–Kier alpha value is -3.49. The summed E-state index contributed by atoms with van der Waals surface area (Å²) in [6, 6.07) is 8.25. The van der Waals surface area contributed by atoms with E-state index in [4.69, 9.17) is 4.74 Å². The molecule has 0 radical (unpaired) electrons. The first-order valence-electron chi connectivity index (χ1n) is 7.36. The molecule has 0 fully saturated rings. The number of fused-ring (bicyclic) bond motifs is 1. The molecule has 0 aliphatic carbocycles. The molecule has 0 aromatic heterocycles. The van der Waals surface area contributed by atoms with Crippen LogP contribution in [-0.4, -0.2) is 28.9 Å². The molecule has 0 bridgehead atoms. The van der Waals surface area contributed by atoms with Gasteiger partial charge in [0.1, 0.15) is 12.4 Å². The third-order valence-electron chi connectivity index (χ3n) is 3.79. The van der Waals surface area contributed by atoms with Crippen molar-refractivity contribution in [1.82, 2.24) is 0 Å². The molecule has 25 heavy (non-hydrogen) atoms. The summed E-state index contributed by atoms with van der Waals surface area (Å²) in [6.45, 7) is 2.36. The van der Waals surface area contributed by atoms with Crippen LogP contribution >= 0.6 is 0 Å². The molecule has 0 saturated carbocycles. The van der Waals surface area contributed by atoms with Crippen molar-refractivity contribution in [3.05, 3.63) is 67.8 Å². The van der Waals surface area contributed by atoms with Crippen LogP contribution in [0.1, 0.15) is 15.9 Å². The van der Waals surface area contributed by atoms with E-state index in [1.807, 2.05) is 13.0 Å². The summed E-state index contributed by atoms with van der Waals surface area (Å²) in [5.74, 6) is -0.0351. The Kier molecular flexibility index (Phi) is 4.05. The molecule has 0 N–H and O–H groups in total. The van der Waals surface area contributed by atoms with Gasteiger partial charge in [-0.15, -0.1) is 0 Å². The molecule has 2 aromatic carbocycles. The molecule has 0 atom stereocenters. The average Bonchev–Trinajstić information content (AvgIpc) is 2.60. The van der Waals surface area contributed by atoms with Crippen molar-refractivity contribution in [2.24, 2.45) is 0 Å². The molecule has 0 unspecified atom stereocenters. The molecule has 3 rings (SSSR count). The van der Waals surface area contributed by atoms with Gasteiger partial charge >= 0.3 is 0 Å². The van der Waals surface area contributed by atoms with E-state index in [1.54, 1.807) is 12.1 Å². The van der Waals surface area contributed by atoms with Crippen LogP contribution in [0.2, 0.25) is 0 Å². The number of anilines is 1. The Labute approximate surface area is 141 Å². The minimum absolute atomic E-state index is 0.116. The minimum Gasteiger partial charge on any atom is -0.490 e. The maximum atomic E-state index is 12.8. The monoisotopic (exact) mass is 343 g/mol. The Morgan fingerprint density at radius 2 is 1.72 bits per heavy atom. The van der Waals surface area contributed by atoms with Gasteiger partial charge in [-0.05, 0) is 24.6 Å². The summed E-state index contributed by atoms with van der Waals surface area (Å²) in [7, 11) is 0. The molecule has 1 heterocycles. The first-order chi connectivity index (χ1) is 11.9. The zero-order chi connectivity index (χ0) is 18.1. The number of ether oxygens (including phenoxy) is 1. The van der Waals surface area contributed by atoms with Crippen molar-refractivity contribution >= 4 is 23.0 Å². The molecule has 0 spiro atoms. The lowest BCUT2D eigenvalue weighted by molar-refractivity contribution is -0.394. The fourth-order valence-electron chi connectivity index (χ4n) is 2.62. The molecule has 1 aliphatic rings. The fourth-order valence-corrected chi connectivity index (χ4v) is 2.62. The van der Waals surface area contributed by atoms with Crippen LogP contribution in [0.25, 0.3) is 0 Å². The van der Waals surface area contributed by atoms with Crippen molar-refractivity contribution in [2.75, 3.05) is 18.1 Å². The Balaban J connectivity index is 2.06. The van der Waals surface area contributed by atoms with Gasteiger partial charge < -0.3 is 9.64 Å². The van der Waals surface area contributed by atoms with Gasteiger partial charge in [0.05, 0.1) is 33.7 Å². The van der Waals surface area contributed by atoms with Crippen LogP contribution < -0.4 is 9.64 Å². The highest BCUT2D eigenvalue weighted by molar-refractivity contribution is 6.08. The third kappa shape index (κ3) is 3.11. The van der Waals surface area contributed by atoms with Crippen molar-refractivity contribution < 1.29 is 19.4 Å². The lowest BCUT2D eigenvalue weighted by Crippen LogP contribution is -2.38. The second-order valence-corrected chi connectivity index (χ2v) is 5.53. The largest absolute Gasteiger partial charge is 0.490 e. The van der Waals surface area contributed by atoms with Crippen LogP contribution in [0.5, 0.6) is 5.75 Å². The summed E-state index contributed by atoms with van der Waals surface area (Å²) in [5.41, 5.74) is 0.318. The predicted octanol–water partition coefficient (Wildman–Crippen LogP) is 2.85. The lowest BCUT2D eigenvalue weighted by atomic mass is 10.1. The standard InChI is InChI=1S/C16H13N3O6/c1-10-2-3-15-14(6-10)17(4-5-25-15)16(20)11-7-12(18(21)22)9-13(8-11)19(23)24/h2-3,6-9H,4-5H2,1H3. The minimum atomic E-state index is -0.763. The van der Waals surface area contributed by atoms with E-state index < -0.39 is 27.1 Å². The van der Waals surface area contributed by atoms with Crippen LogP contribution in [0.4, 0.5) is 17.1 Å². The van der Waals surface area contributed by atoms with Crippen LogP contribution in [0, 0.1) is 27.2 Å². The van der Waals surface area contributed by atoms with E-state index in [0.717, 1.165) is 23.8 Å². The molecule has 1 amide bonds. The number of hydrogen-bond donors (Lipinski definition) is 0. The highest BCUT2D eigenvalue weighted by atomic mass is 16.6. The summed E-state index contributed by atoms with van der Waals surface area (Å²) < 4.78 is 5.51. The van der Waals surface area contributed by atoms with Gasteiger partial charge in [0.2, 0.25) is 0 Å². The van der Waals surface area contributed by atoms with Gasteiger partial charge in [-0.3, -0.25) is 25.0 Å². The second kappa shape index (κ2) is 6.19. The van der Waals surface area contributed by atoms with Crippen molar-refractivity contribution in [1.29, 1.82) is 0 Å². The quantitative estimate of drug-likeness (QED) is 0.625. The molecule has 0 saturated heterocycles. The highest BCUT2D eigenvalue weighted by Crippen LogP contribution is 2.34. The summed E-state index contributed by atoms with van der Waals surface area (Å²) in [4.78, 5) is 34.8. The SMILES string of the molecule is Cc1ccc2c(c1)N(C(=O)c1cc([N+](=O)[O-])cc([N+](=O)[O-])c1)CCO2. The van der Waals surface area contributed by atoms with Crippen molar-refractivity contribution in [3.8, 4) is 5.75 Å². The van der Waals surface area contributed by atoms with E-state index in [9.17, 15) is 25.0 Å². The number of aryl methyl sites for hydroxylation is 1. The second-order valence-electron chi connectivity index (χ2n) is 5.53. The van der Waals surface area contributed by atoms with E-state index in [-0.39, 0.29) is 18.7 Å². The van der Waals surface area contributed by atoms with Gasteiger partial charge in [0.15, 0.2) is 0 Å². The number of benzene rings is 2. The van der Waals surface area contributed by atoms with E-state index in [0.29, 0.717) is 11.4 Å². The molecule has 1 aliphatic heterocycles. The molecule has 9 nitrogen and oxygen atoms in total. The Morgan fingerprint density at radius 3 is 2.32 bits per heavy atom. The van der Waals surface area contributed by atoms with E-state index >= 15 is 0 Å². The number of carbonyl (C=O) groups is 1. The number of rotatable bonds is 3. The first kappa shape index (κ1) is 16.4. The Morgan fingerprint density at radius 1 is 1.08 bits per heavy atom. The van der Waals surface area contributed by atoms with Gasteiger partial charge in [-0.2, -0.15) is 0 Å². The molecular formula is C16H13N3O6.